The van der Waals surface area contributed by atoms with Gasteiger partial charge in [-0.2, -0.15) is 5.10 Å². The largest absolute Gasteiger partial charge is 0.494 e. The Bertz CT molecular complexity index is 1160. The van der Waals surface area contributed by atoms with Crippen molar-refractivity contribution in [2.75, 3.05) is 7.11 Å². The number of nitrogens with zero attached hydrogens (tertiary/aromatic N) is 2. The second-order valence-corrected chi connectivity index (χ2v) is 7.20. The Morgan fingerprint density at radius 3 is 2.60 bits per heavy atom. The van der Waals surface area contributed by atoms with Crippen LogP contribution in [-0.4, -0.2) is 16.9 Å². The van der Waals surface area contributed by atoms with Crippen molar-refractivity contribution >= 4 is 0 Å². The van der Waals surface area contributed by atoms with Crippen LogP contribution >= 0.6 is 0 Å². The Hall–Kier alpha value is -3.38. The molecule has 0 bridgehead atoms. The van der Waals surface area contributed by atoms with Crippen molar-refractivity contribution in [1.29, 1.82) is 0 Å². The van der Waals surface area contributed by atoms with Crippen LogP contribution in [0.5, 0.6) is 5.75 Å². The number of para-hydroxylation sites is 1. The third-order valence-electron chi connectivity index (χ3n) is 4.99. The Morgan fingerprint density at radius 1 is 1.07 bits per heavy atom. The number of aryl methyl sites for hydroxylation is 2. The minimum Gasteiger partial charge on any atom is -0.494 e. The highest BCUT2D eigenvalue weighted by Crippen LogP contribution is 2.28. The molecule has 0 aliphatic heterocycles. The first-order valence-corrected chi connectivity index (χ1v) is 9.79. The second kappa shape index (κ2) is 8.55. The first-order chi connectivity index (χ1) is 14.5. The summed E-state index contributed by atoms with van der Waals surface area (Å²) < 4.78 is 26.9. The van der Waals surface area contributed by atoms with Crippen LogP contribution in [0.2, 0.25) is 0 Å². The van der Waals surface area contributed by atoms with Crippen molar-refractivity contribution in [3.63, 3.8) is 0 Å². The first kappa shape index (κ1) is 19.9. The van der Waals surface area contributed by atoms with Crippen molar-refractivity contribution in [3.05, 3.63) is 89.3 Å². The Kier molecular flexibility index (Phi) is 5.68. The molecule has 2 aromatic heterocycles. The molecule has 2 heterocycles. The van der Waals surface area contributed by atoms with Crippen molar-refractivity contribution in [3.8, 4) is 22.7 Å². The molecule has 30 heavy (non-hydrogen) atoms. The lowest BCUT2D eigenvalue weighted by Crippen LogP contribution is -2.12. The summed E-state index contributed by atoms with van der Waals surface area (Å²) in [6.07, 6.45) is 1.99. The predicted octanol–water partition coefficient (Wildman–Crippen LogP) is 5.19. The fraction of sp³-hybridized carbons (Fsp3) is 0.208. The average Bonchev–Trinajstić information content (AvgIpc) is 3.34. The third kappa shape index (κ3) is 4.14. The molecule has 0 atom stereocenters. The SMILES string of the molecule is COc1ccc(-c2nn(-c3ccccc3C)cc2CNCc2ccc(C)o2)cc1F. The van der Waals surface area contributed by atoms with Gasteiger partial charge in [-0.15, -0.1) is 0 Å². The van der Waals surface area contributed by atoms with Crippen LogP contribution in [0.1, 0.15) is 22.6 Å². The first-order valence-electron chi connectivity index (χ1n) is 9.79. The minimum atomic E-state index is -0.412. The lowest BCUT2D eigenvalue weighted by molar-refractivity contribution is 0.386. The van der Waals surface area contributed by atoms with E-state index in [4.69, 9.17) is 14.3 Å². The van der Waals surface area contributed by atoms with Gasteiger partial charge in [0.15, 0.2) is 11.6 Å². The summed E-state index contributed by atoms with van der Waals surface area (Å²) in [5.41, 5.74) is 4.49. The van der Waals surface area contributed by atoms with Crippen LogP contribution in [0.15, 0.2) is 65.2 Å². The molecular formula is C24H24FN3O2. The highest BCUT2D eigenvalue weighted by Gasteiger charge is 2.15. The topological polar surface area (TPSA) is 52.2 Å². The van der Waals surface area contributed by atoms with E-state index in [-0.39, 0.29) is 5.75 Å². The van der Waals surface area contributed by atoms with E-state index in [9.17, 15) is 4.39 Å². The van der Waals surface area contributed by atoms with Crippen molar-refractivity contribution in [2.45, 2.75) is 26.9 Å². The number of halogens is 1. The molecule has 0 aliphatic rings. The van der Waals surface area contributed by atoms with Crippen molar-refractivity contribution < 1.29 is 13.5 Å². The van der Waals surface area contributed by atoms with Gasteiger partial charge in [-0.3, -0.25) is 0 Å². The van der Waals surface area contributed by atoms with E-state index >= 15 is 0 Å². The van der Waals surface area contributed by atoms with Gasteiger partial charge in [0.25, 0.3) is 0 Å². The molecule has 0 amide bonds. The molecule has 6 heteroatoms. The molecular weight excluding hydrogens is 381 g/mol. The van der Waals surface area contributed by atoms with E-state index in [1.165, 1.54) is 13.2 Å². The summed E-state index contributed by atoms with van der Waals surface area (Å²) >= 11 is 0. The summed E-state index contributed by atoms with van der Waals surface area (Å²) in [6, 6.07) is 16.8. The lowest BCUT2D eigenvalue weighted by Gasteiger charge is -2.06. The van der Waals surface area contributed by atoms with Gasteiger partial charge in [0.2, 0.25) is 0 Å². The Balaban J connectivity index is 1.67. The molecule has 1 N–H and O–H groups in total. The summed E-state index contributed by atoms with van der Waals surface area (Å²) in [5, 5.41) is 8.18. The zero-order chi connectivity index (χ0) is 21.1. The quantitative estimate of drug-likeness (QED) is 0.460. The van der Waals surface area contributed by atoms with E-state index in [0.717, 1.165) is 34.0 Å². The molecule has 0 spiro atoms. The number of furan rings is 1. The molecule has 5 nitrogen and oxygen atoms in total. The molecule has 4 rings (SSSR count). The van der Waals surface area contributed by atoms with E-state index in [1.54, 1.807) is 6.07 Å². The second-order valence-electron chi connectivity index (χ2n) is 7.20. The number of methoxy groups -OCH3 is 1. The van der Waals surface area contributed by atoms with Gasteiger partial charge in [-0.1, -0.05) is 18.2 Å². The third-order valence-corrected chi connectivity index (χ3v) is 4.99. The van der Waals surface area contributed by atoms with Crippen LogP contribution in [0.3, 0.4) is 0 Å². The highest BCUT2D eigenvalue weighted by molar-refractivity contribution is 5.64. The van der Waals surface area contributed by atoms with Gasteiger partial charge in [0.05, 0.1) is 25.0 Å². The maximum Gasteiger partial charge on any atom is 0.165 e. The predicted molar refractivity (Wildman–Crippen MR) is 114 cm³/mol. The summed E-state index contributed by atoms with van der Waals surface area (Å²) in [4.78, 5) is 0. The van der Waals surface area contributed by atoms with Crippen LogP contribution in [0.4, 0.5) is 4.39 Å². The van der Waals surface area contributed by atoms with Gasteiger partial charge in [0, 0.05) is 23.9 Å². The van der Waals surface area contributed by atoms with Crippen molar-refractivity contribution in [1.82, 2.24) is 15.1 Å². The van der Waals surface area contributed by atoms with Gasteiger partial charge >= 0.3 is 0 Å². The number of benzene rings is 2. The molecule has 0 radical (unpaired) electrons. The van der Waals surface area contributed by atoms with Crippen LogP contribution < -0.4 is 10.1 Å². The molecule has 2 aromatic carbocycles. The fourth-order valence-electron chi connectivity index (χ4n) is 3.44. The number of hydrogen-bond donors (Lipinski definition) is 1. The molecule has 154 valence electrons. The van der Waals surface area contributed by atoms with Gasteiger partial charge in [-0.05, 0) is 55.8 Å². The summed E-state index contributed by atoms with van der Waals surface area (Å²) in [7, 11) is 1.46. The van der Waals surface area contributed by atoms with E-state index in [0.29, 0.717) is 18.7 Å². The highest BCUT2D eigenvalue weighted by atomic mass is 19.1. The van der Waals surface area contributed by atoms with E-state index in [2.05, 4.69) is 5.32 Å². The Morgan fingerprint density at radius 2 is 1.90 bits per heavy atom. The van der Waals surface area contributed by atoms with E-state index in [1.807, 2.05) is 67.2 Å². The number of nitrogens with one attached hydrogen (secondary N) is 1. The number of rotatable bonds is 7. The molecule has 0 aliphatic carbocycles. The fourth-order valence-corrected chi connectivity index (χ4v) is 3.44. The monoisotopic (exact) mass is 405 g/mol. The van der Waals surface area contributed by atoms with Crippen LogP contribution in [0.25, 0.3) is 16.9 Å². The van der Waals surface area contributed by atoms with E-state index < -0.39 is 5.82 Å². The Labute approximate surface area is 175 Å². The normalized spacial score (nSPS) is 11.1. The van der Waals surface area contributed by atoms with Crippen LogP contribution in [0, 0.1) is 19.7 Å². The number of hydrogen-bond acceptors (Lipinski definition) is 4. The van der Waals surface area contributed by atoms with Crippen molar-refractivity contribution in [2.24, 2.45) is 0 Å². The van der Waals surface area contributed by atoms with Crippen LogP contribution in [-0.2, 0) is 13.1 Å². The van der Waals surface area contributed by atoms with Gasteiger partial charge < -0.3 is 14.5 Å². The molecule has 4 aromatic rings. The lowest BCUT2D eigenvalue weighted by atomic mass is 10.1. The average molecular weight is 405 g/mol. The zero-order valence-corrected chi connectivity index (χ0v) is 17.3. The molecule has 0 saturated carbocycles. The standard InChI is InChI=1S/C24H24FN3O2/c1-16-6-4-5-7-22(16)28-15-19(13-26-14-20-10-8-17(2)30-20)24(27-28)18-9-11-23(29-3)21(25)12-18/h4-12,15,26H,13-14H2,1-3H3. The summed E-state index contributed by atoms with van der Waals surface area (Å²) in [6.45, 7) is 5.13. The molecule has 0 fully saturated rings. The zero-order valence-electron chi connectivity index (χ0n) is 17.3. The smallest absolute Gasteiger partial charge is 0.165 e. The number of aromatic nitrogens is 2. The molecule has 0 unspecified atom stereocenters. The maximum absolute atomic E-state index is 14.3. The number of ether oxygens (including phenoxy) is 1. The van der Waals surface area contributed by atoms with Gasteiger partial charge in [0.1, 0.15) is 11.5 Å². The van der Waals surface area contributed by atoms with Gasteiger partial charge in [-0.25, -0.2) is 9.07 Å². The minimum absolute atomic E-state index is 0.213. The maximum atomic E-state index is 14.3. The molecule has 0 saturated heterocycles. The summed E-state index contributed by atoms with van der Waals surface area (Å²) in [5.74, 6) is 1.56.